The van der Waals surface area contributed by atoms with Crippen molar-refractivity contribution in [1.29, 1.82) is 0 Å². The third kappa shape index (κ3) is 5.20. The van der Waals surface area contributed by atoms with Crippen LogP contribution in [0.1, 0.15) is 38.1 Å². The molecule has 118 valence electrons. The van der Waals surface area contributed by atoms with Gasteiger partial charge in [0.15, 0.2) is 0 Å². The number of rotatable bonds is 3. The predicted molar refractivity (Wildman–Crippen MR) is 89.3 cm³/mol. The molecule has 0 fully saturated rings. The van der Waals surface area contributed by atoms with E-state index in [4.69, 9.17) is 44.0 Å². The Kier molecular flexibility index (Phi) is 5.05. The van der Waals surface area contributed by atoms with Gasteiger partial charge in [0, 0.05) is 6.08 Å². The highest BCUT2D eigenvalue weighted by Crippen LogP contribution is 2.37. The van der Waals surface area contributed by atoms with Crippen LogP contribution in [0.5, 0.6) is 5.75 Å². The van der Waals surface area contributed by atoms with Crippen molar-refractivity contribution in [2.75, 3.05) is 0 Å². The average Bonchev–Trinajstić information content (AvgIpc) is 2.85. The molecule has 0 unspecified atom stereocenters. The molecule has 7 heteroatoms. The lowest BCUT2D eigenvalue weighted by atomic mass is 10.1. The summed E-state index contributed by atoms with van der Waals surface area (Å²) in [6.07, 6.45) is 3.46. The first kappa shape index (κ1) is 17.1. The van der Waals surface area contributed by atoms with Gasteiger partial charge in [0.1, 0.15) is 11.4 Å². The van der Waals surface area contributed by atoms with Crippen molar-refractivity contribution in [3.8, 4) is 5.75 Å². The molecule has 2 rings (SSSR count). The number of alkyl halides is 3. The number of aromatic nitrogens is 2. The van der Waals surface area contributed by atoms with Crippen LogP contribution in [0.3, 0.4) is 0 Å². The summed E-state index contributed by atoms with van der Waals surface area (Å²) < 4.78 is 9.26. The summed E-state index contributed by atoms with van der Waals surface area (Å²) in [7, 11) is 0. The average molecular weight is 362 g/mol. The van der Waals surface area contributed by atoms with Crippen molar-refractivity contribution >= 4 is 47.0 Å². The van der Waals surface area contributed by atoms with Gasteiger partial charge < -0.3 is 9.15 Å². The highest BCUT2D eigenvalue weighted by Gasteiger charge is 2.29. The Morgan fingerprint density at radius 3 is 2.14 bits per heavy atom. The first-order valence-corrected chi connectivity index (χ1v) is 7.65. The minimum atomic E-state index is -1.72. The quantitative estimate of drug-likeness (QED) is 0.701. The number of hydrogen-bond donors (Lipinski definition) is 0. The largest absolute Gasteiger partial charge is 0.488 e. The molecule has 0 aliphatic carbocycles. The molecule has 1 aromatic heterocycles. The zero-order valence-electron chi connectivity index (χ0n) is 12.3. The molecule has 0 radical (unpaired) electrons. The van der Waals surface area contributed by atoms with E-state index < -0.39 is 3.79 Å². The Morgan fingerprint density at radius 2 is 1.64 bits per heavy atom. The second kappa shape index (κ2) is 6.49. The first-order valence-electron chi connectivity index (χ1n) is 6.51. The van der Waals surface area contributed by atoms with Gasteiger partial charge in [-0.3, -0.25) is 0 Å². The van der Waals surface area contributed by atoms with Gasteiger partial charge in [-0.2, -0.15) is 0 Å². The minimum absolute atomic E-state index is 0.0638. The van der Waals surface area contributed by atoms with Gasteiger partial charge in [0.2, 0.25) is 5.89 Å². The summed E-state index contributed by atoms with van der Waals surface area (Å²) in [5.74, 6) is 1.00. The highest BCUT2D eigenvalue weighted by atomic mass is 35.6. The third-order valence-corrected chi connectivity index (χ3v) is 2.89. The molecular formula is C15H15Cl3N2O2. The molecule has 1 aromatic carbocycles. The summed E-state index contributed by atoms with van der Waals surface area (Å²) in [5, 5.41) is 7.45. The number of hydrogen-bond acceptors (Lipinski definition) is 4. The van der Waals surface area contributed by atoms with E-state index in [1.165, 1.54) is 0 Å². The molecule has 2 aromatic rings. The summed E-state index contributed by atoms with van der Waals surface area (Å²) in [6, 6.07) is 7.63. The normalized spacial score (nSPS) is 12.8. The minimum Gasteiger partial charge on any atom is -0.488 e. The van der Waals surface area contributed by atoms with Crippen molar-refractivity contribution in [2.24, 2.45) is 0 Å². The SMILES string of the molecule is CC(C)(C)Oc1ccc(C=Cc2nnc(C(Cl)(Cl)Cl)o2)cc1. The maximum atomic E-state index is 5.75. The van der Waals surface area contributed by atoms with Gasteiger partial charge in [0.05, 0.1) is 0 Å². The molecule has 22 heavy (non-hydrogen) atoms. The Morgan fingerprint density at radius 1 is 1.00 bits per heavy atom. The van der Waals surface area contributed by atoms with E-state index in [0.29, 0.717) is 0 Å². The van der Waals surface area contributed by atoms with Gasteiger partial charge in [-0.25, -0.2) is 0 Å². The second-order valence-corrected chi connectivity index (χ2v) is 7.84. The van der Waals surface area contributed by atoms with Crippen LogP contribution in [0.2, 0.25) is 0 Å². The Balaban J connectivity index is 2.06. The Hall–Kier alpha value is -1.23. The van der Waals surface area contributed by atoms with E-state index in [0.717, 1.165) is 11.3 Å². The summed E-state index contributed by atoms with van der Waals surface area (Å²) in [5.41, 5.74) is 0.726. The van der Waals surface area contributed by atoms with E-state index in [-0.39, 0.29) is 17.4 Å². The molecule has 0 aliphatic rings. The van der Waals surface area contributed by atoms with Crippen molar-refractivity contribution in [2.45, 2.75) is 30.2 Å². The van der Waals surface area contributed by atoms with E-state index in [1.807, 2.05) is 51.1 Å². The summed E-state index contributed by atoms with van der Waals surface area (Å²) >= 11 is 17.0. The summed E-state index contributed by atoms with van der Waals surface area (Å²) in [4.78, 5) is 0. The fourth-order valence-corrected chi connectivity index (χ4v) is 1.81. The van der Waals surface area contributed by atoms with Crippen LogP contribution < -0.4 is 4.74 Å². The molecule has 0 saturated carbocycles. The van der Waals surface area contributed by atoms with Crippen LogP contribution in [0.4, 0.5) is 0 Å². The zero-order chi connectivity index (χ0) is 16.4. The van der Waals surface area contributed by atoms with Crippen LogP contribution in [-0.4, -0.2) is 15.8 Å². The molecule has 0 amide bonds. The van der Waals surface area contributed by atoms with E-state index in [2.05, 4.69) is 10.2 Å². The van der Waals surface area contributed by atoms with Crippen LogP contribution >= 0.6 is 34.8 Å². The van der Waals surface area contributed by atoms with Gasteiger partial charge >= 0.3 is 0 Å². The monoisotopic (exact) mass is 360 g/mol. The lowest BCUT2D eigenvalue weighted by Gasteiger charge is -2.21. The molecule has 0 N–H and O–H groups in total. The second-order valence-electron chi connectivity index (χ2n) is 5.56. The van der Waals surface area contributed by atoms with Crippen molar-refractivity contribution in [3.05, 3.63) is 41.6 Å². The van der Waals surface area contributed by atoms with Crippen molar-refractivity contribution < 1.29 is 9.15 Å². The smallest absolute Gasteiger partial charge is 0.268 e. The molecular weight excluding hydrogens is 347 g/mol. The highest BCUT2D eigenvalue weighted by molar-refractivity contribution is 6.66. The topological polar surface area (TPSA) is 48.2 Å². The lowest BCUT2D eigenvalue weighted by Crippen LogP contribution is -2.22. The molecule has 1 heterocycles. The van der Waals surface area contributed by atoms with Crippen LogP contribution in [0.15, 0.2) is 28.7 Å². The first-order chi connectivity index (χ1) is 10.1. The van der Waals surface area contributed by atoms with Crippen LogP contribution in [0, 0.1) is 0 Å². The van der Waals surface area contributed by atoms with Crippen molar-refractivity contribution in [3.63, 3.8) is 0 Å². The fraction of sp³-hybridized carbons (Fsp3) is 0.333. The maximum Gasteiger partial charge on any atom is 0.268 e. The third-order valence-electron chi connectivity index (χ3n) is 2.41. The van der Waals surface area contributed by atoms with Crippen LogP contribution in [0.25, 0.3) is 12.2 Å². The van der Waals surface area contributed by atoms with Gasteiger partial charge in [0.25, 0.3) is 9.68 Å². The zero-order valence-corrected chi connectivity index (χ0v) is 14.6. The number of halogens is 3. The summed E-state index contributed by atoms with van der Waals surface area (Å²) in [6.45, 7) is 6.00. The number of ether oxygens (including phenoxy) is 1. The Labute approximate surface area is 144 Å². The number of benzene rings is 1. The standard InChI is InChI=1S/C15H15Cl3N2O2/c1-14(2,3)22-11-7-4-10(5-8-11)6-9-12-19-20-13(21-12)15(16,17)18/h4-9H,1-3H3. The fourth-order valence-electron chi connectivity index (χ4n) is 1.58. The molecule has 4 nitrogen and oxygen atoms in total. The van der Waals surface area contributed by atoms with Crippen molar-refractivity contribution in [1.82, 2.24) is 10.2 Å². The van der Waals surface area contributed by atoms with E-state index in [1.54, 1.807) is 6.08 Å². The molecule has 0 saturated heterocycles. The molecule has 0 aliphatic heterocycles. The molecule has 0 bridgehead atoms. The molecule has 0 atom stereocenters. The van der Waals surface area contributed by atoms with Gasteiger partial charge in [-0.1, -0.05) is 46.9 Å². The molecule has 0 spiro atoms. The Bertz CT molecular complexity index is 653. The number of nitrogens with zero attached hydrogens (tertiary/aromatic N) is 2. The van der Waals surface area contributed by atoms with Crippen LogP contribution in [-0.2, 0) is 3.79 Å². The lowest BCUT2D eigenvalue weighted by molar-refractivity contribution is 0.131. The van der Waals surface area contributed by atoms with Gasteiger partial charge in [-0.05, 0) is 44.5 Å². The van der Waals surface area contributed by atoms with Gasteiger partial charge in [-0.15, -0.1) is 10.2 Å². The maximum absolute atomic E-state index is 5.75. The van der Waals surface area contributed by atoms with E-state index >= 15 is 0 Å². The predicted octanol–water partition coefficient (Wildman–Crippen LogP) is 5.24. The van der Waals surface area contributed by atoms with E-state index in [9.17, 15) is 0 Å².